The van der Waals surface area contributed by atoms with E-state index in [1.54, 1.807) is 13.1 Å². The van der Waals surface area contributed by atoms with Crippen molar-refractivity contribution in [3.8, 4) is 0 Å². The van der Waals surface area contributed by atoms with Gasteiger partial charge in [-0.2, -0.15) is 5.10 Å². The molecule has 0 bridgehead atoms. The first kappa shape index (κ1) is 12.0. The number of anilines is 1. The molecule has 6 nitrogen and oxygen atoms in total. The maximum absolute atomic E-state index is 11.3. The molecule has 0 atom stereocenters. The van der Waals surface area contributed by atoms with Crippen molar-refractivity contribution >= 4 is 12.2 Å². The summed E-state index contributed by atoms with van der Waals surface area (Å²) in [6.45, 7) is 3.60. The van der Waals surface area contributed by atoms with Gasteiger partial charge in [0.2, 0.25) is 5.95 Å². The van der Waals surface area contributed by atoms with Crippen LogP contribution < -0.4 is 11.0 Å². The van der Waals surface area contributed by atoms with E-state index < -0.39 is 0 Å². The van der Waals surface area contributed by atoms with E-state index in [0.717, 1.165) is 11.1 Å². The Hall–Kier alpha value is -2.50. The summed E-state index contributed by atoms with van der Waals surface area (Å²) in [5, 5.41) is 11.4. The SMILES string of the molecule is Cc1cccc(C=NNc2nnc(C)c(=O)[nH]2)c1. The zero-order chi connectivity index (χ0) is 13.0. The first-order chi connectivity index (χ1) is 8.65. The van der Waals surface area contributed by atoms with Crippen LogP contribution in [0.15, 0.2) is 34.2 Å². The van der Waals surface area contributed by atoms with Gasteiger partial charge in [-0.25, -0.2) is 5.43 Å². The maximum Gasteiger partial charge on any atom is 0.274 e. The quantitative estimate of drug-likeness (QED) is 0.627. The summed E-state index contributed by atoms with van der Waals surface area (Å²) >= 11 is 0. The molecule has 2 aromatic rings. The van der Waals surface area contributed by atoms with Crippen LogP contribution in [-0.4, -0.2) is 21.4 Å². The highest BCUT2D eigenvalue weighted by Crippen LogP contribution is 2.01. The van der Waals surface area contributed by atoms with Gasteiger partial charge in [-0.15, -0.1) is 10.2 Å². The van der Waals surface area contributed by atoms with Crippen molar-refractivity contribution in [3.05, 3.63) is 51.4 Å². The molecule has 0 aliphatic heterocycles. The predicted molar refractivity (Wildman–Crippen MR) is 69.8 cm³/mol. The fraction of sp³-hybridized carbons (Fsp3) is 0.167. The van der Waals surface area contributed by atoms with Gasteiger partial charge in [0.15, 0.2) is 0 Å². The molecule has 0 amide bonds. The van der Waals surface area contributed by atoms with Gasteiger partial charge in [-0.1, -0.05) is 29.8 Å². The minimum absolute atomic E-state index is 0.217. The molecule has 6 heteroatoms. The topological polar surface area (TPSA) is 83.0 Å². The fourth-order valence-corrected chi connectivity index (χ4v) is 1.36. The van der Waals surface area contributed by atoms with Crippen LogP contribution in [0.25, 0.3) is 0 Å². The Bertz CT molecular complexity index is 632. The molecule has 0 radical (unpaired) electrons. The van der Waals surface area contributed by atoms with Gasteiger partial charge >= 0.3 is 0 Å². The largest absolute Gasteiger partial charge is 0.288 e. The van der Waals surface area contributed by atoms with Crippen molar-refractivity contribution in [2.24, 2.45) is 5.10 Å². The van der Waals surface area contributed by atoms with Gasteiger partial charge in [-0.05, 0) is 19.4 Å². The van der Waals surface area contributed by atoms with Crippen molar-refractivity contribution in [3.63, 3.8) is 0 Å². The molecule has 0 saturated carbocycles. The minimum atomic E-state index is -0.279. The average Bonchev–Trinajstić information content (AvgIpc) is 2.34. The van der Waals surface area contributed by atoms with Crippen molar-refractivity contribution in [2.75, 3.05) is 5.43 Å². The molecule has 0 saturated heterocycles. The third-order valence-electron chi connectivity index (χ3n) is 2.29. The van der Waals surface area contributed by atoms with Crippen LogP contribution in [-0.2, 0) is 0 Å². The molecule has 1 aromatic heterocycles. The van der Waals surface area contributed by atoms with Crippen LogP contribution in [0.5, 0.6) is 0 Å². The van der Waals surface area contributed by atoms with Gasteiger partial charge < -0.3 is 0 Å². The predicted octanol–water partition coefficient (Wildman–Crippen LogP) is 1.23. The molecule has 18 heavy (non-hydrogen) atoms. The third kappa shape index (κ3) is 3.00. The summed E-state index contributed by atoms with van der Waals surface area (Å²) in [7, 11) is 0. The number of hydrogen-bond donors (Lipinski definition) is 2. The lowest BCUT2D eigenvalue weighted by molar-refractivity contribution is 0.897. The van der Waals surface area contributed by atoms with E-state index >= 15 is 0 Å². The Morgan fingerprint density at radius 1 is 1.33 bits per heavy atom. The Balaban J connectivity index is 2.07. The van der Waals surface area contributed by atoms with E-state index in [2.05, 4.69) is 25.7 Å². The van der Waals surface area contributed by atoms with Crippen LogP contribution in [0.3, 0.4) is 0 Å². The third-order valence-corrected chi connectivity index (χ3v) is 2.29. The van der Waals surface area contributed by atoms with E-state index in [0.29, 0.717) is 5.69 Å². The first-order valence-corrected chi connectivity index (χ1v) is 5.44. The highest BCUT2D eigenvalue weighted by atomic mass is 16.1. The number of nitrogens with one attached hydrogen (secondary N) is 2. The van der Waals surface area contributed by atoms with E-state index in [1.165, 1.54) is 0 Å². The second-order valence-corrected chi connectivity index (χ2v) is 3.87. The zero-order valence-electron chi connectivity index (χ0n) is 10.1. The van der Waals surface area contributed by atoms with Crippen LogP contribution in [0.4, 0.5) is 5.95 Å². The lowest BCUT2D eigenvalue weighted by Crippen LogP contribution is -2.15. The number of H-pyrrole nitrogens is 1. The lowest BCUT2D eigenvalue weighted by atomic mass is 10.2. The summed E-state index contributed by atoms with van der Waals surface area (Å²) in [6, 6.07) is 7.88. The molecule has 2 rings (SSSR count). The molecule has 0 unspecified atom stereocenters. The van der Waals surface area contributed by atoms with E-state index in [4.69, 9.17) is 0 Å². The number of benzene rings is 1. The van der Waals surface area contributed by atoms with E-state index in [1.807, 2.05) is 31.2 Å². The van der Waals surface area contributed by atoms with E-state index in [-0.39, 0.29) is 11.5 Å². The Morgan fingerprint density at radius 2 is 2.17 bits per heavy atom. The molecule has 92 valence electrons. The number of aromatic nitrogens is 3. The second kappa shape index (κ2) is 5.22. The Labute approximate surface area is 104 Å². The Kier molecular flexibility index (Phi) is 3.47. The molecule has 2 N–H and O–H groups in total. The Morgan fingerprint density at radius 3 is 2.89 bits per heavy atom. The molecule has 1 aromatic carbocycles. The molecule has 1 heterocycles. The van der Waals surface area contributed by atoms with Crippen LogP contribution in [0.2, 0.25) is 0 Å². The monoisotopic (exact) mass is 243 g/mol. The van der Waals surface area contributed by atoms with Gasteiger partial charge in [0.25, 0.3) is 5.56 Å². The smallest absolute Gasteiger partial charge is 0.274 e. The first-order valence-electron chi connectivity index (χ1n) is 5.44. The van der Waals surface area contributed by atoms with Crippen LogP contribution in [0, 0.1) is 13.8 Å². The van der Waals surface area contributed by atoms with Crippen molar-refractivity contribution in [1.82, 2.24) is 15.2 Å². The van der Waals surface area contributed by atoms with Gasteiger partial charge in [0.1, 0.15) is 5.69 Å². The standard InChI is InChI=1S/C12H13N5O/c1-8-4-3-5-10(6-8)7-13-16-12-14-11(18)9(2)15-17-12/h3-7H,1-2H3,(H2,14,16,17,18). The van der Waals surface area contributed by atoms with Gasteiger partial charge in [-0.3, -0.25) is 9.78 Å². The number of hydrazone groups is 1. The van der Waals surface area contributed by atoms with Crippen molar-refractivity contribution in [1.29, 1.82) is 0 Å². The molecule has 0 spiro atoms. The number of nitrogens with zero attached hydrogens (tertiary/aromatic N) is 3. The second-order valence-electron chi connectivity index (χ2n) is 3.87. The molecule has 0 fully saturated rings. The fourth-order valence-electron chi connectivity index (χ4n) is 1.36. The summed E-state index contributed by atoms with van der Waals surface area (Å²) in [5.41, 5.74) is 4.78. The number of hydrogen-bond acceptors (Lipinski definition) is 5. The highest BCUT2D eigenvalue weighted by molar-refractivity contribution is 5.80. The zero-order valence-corrected chi connectivity index (χ0v) is 10.1. The summed E-state index contributed by atoms with van der Waals surface area (Å²) in [4.78, 5) is 13.8. The summed E-state index contributed by atoms with van der Waals surface area (Å²) in [5.74, 6) is 0.217. The minimum Gasteiger partial charge on any atom is -0.288 e. The normalized spacial score (nSPS) is 10.8. The summed E-state index contributed by atoms with van der Waals surface area (Å²) < 4.78 is 0. The average molecular weight is 243 g/mol. The van der Waals surface area contributed by atoms with Crippen LogP contribution in [0.1, 0.15) is 16.8 Å². The molecule has 0 aliphatic rings. The van der Waals surface area contributed by atoms with Crippen molar-refractivity contribution in [2.45, 2.75) is 13.8 Å². The maximum atomic E-state index is 11.3. The molecule has 0 aliphatic carbocycles. The van der Waals surface area contributed by atoms with Crippen molar-refractivity contribution < 1.29 is 0 Å². The molecular formula is C12H13N5O. The molecular weight excluding hydrogens is 230 g/mol. The van der Waals surface area contributed by atoms with E-state index in [9.17, 15) is 4.79 Å². The van der Waals surface area contributed by atoms with Gasteiger partial charge in [0, 0.05) is 0 Å². The number of rotatable bonds is 3. The number of aromatic amines is 1. The summed E-state index contributed by atoms with van der Waals surface area (Å²) in [6.07, 6.45) is 1.65. The number of aryl methyl sites for hydroxylation is 2. The van der Waals surface area contributed by atoms with Crippen LogP contribution >= 0.6 is 0 Å². The highest BCUT2D eigenvalue weighted by Gasteiger charge is 1.97. The van der Waals surface area contributed by atoms with Gasteiger partial charge in [0.05, 0.1) is 6.21 Å². The lowest BCUT2D eigenvalue weighted by Gasteiger charge is -1.98.